The lowest BCUT2D eigenvalue weighted by Crippen LogP contribution is -2.33. The predicted molar refractivity (Wildman–Crippen MR) is 148 cm³/mol. The summed E-state index contributed by atoms with van der Waals surface area (Å²) >= 11 is 6.31. The minimum atomic E-state index is -3.90. The average molecular weight is 551 g/mol. The van der Waals surface area contributed by atoms with E-state index < -0.39 is 10.0 Å². The number of benzene rings is 4. The van der Waals surface area contributed by atoms with Gasteiger partial charge in [0.15, 0.2) is 6.61 Å². The molecule has 0 unspecified atom stereocenters. The van der Waals surface area contributed by atoms with Gasteiger partial charge in [-0.25, -0.2) is 8.42 Å². The van der Waals surface area contributed by atoms with Gasteiger partial charge >= 0.3 is 0 Å². The van der Waals surface area contributed by atoms with Crippen molar-refractivity contribution in [2.24, 2.45) is 0 Å². The van der Waals surface area contributed by atoms with E-state index in [0.717, 1.165) is 11.1 Å². The molecule has 0 aliphatic heterocycles. The molecule has 4 aromatic rings. The second-order valence-corrected chi connectivity index (χ2v) is 10.4. The Hall–Kier alpha value is -4.01. The molecule has 0 fully saturated rings. The highest BCUT2D eigenvalue weighted by atomic mass is 35.5. The summed E-state index contributed by atoms with van der Waals surface area (Å²) in [4.78, 5) is 12.7. The zero-order valence-corrected chi connectivity index (χ0v) is 22.2. The van der Waals surface area contributed by atoms with Crippen LogP contribution in [0.3, 0.4) is 0 Å². The summed E-state index contributed by atoms with van der Waals surface area (Å²) in [6.45, 7) is 2.08. The van der Waals surface area contributed by atoms with Crippen LogP contribution in [0.5, 0.6) is 11.5 Å². The molecule has 0 aromatic heterocycles. The van der Waals surface area contributed by atoms with Crippen LogP contribution in [-0.2, 0) is 14.8 Å². The van der Waals surface area contributed by atoms with Gasteiger partial charge in [-0.05, 0) is 60.5 Å². The van der Waals surface area contributed by atoms with Gasteiger partial charge in [0.1, 0.15) is 11.5 Å². The number of halogens is 1. The van der Waals surface area contributed by atoms with Gasteiger partial charge in [-0.3, -0.25) is 9.52 Å². The molecule has 38 heavy (non-hydrogen) atoms. The minimum Gasteiger partial charge on any atom is -0.494 e. The fraction of sp³-hybridized carbons (Fsp3) is 0.138. The maximum atomic E-state index is 12.8. The number of hydrogen-bond acceptors (Lipinski definition) is 5. The monoisotopic (exact) mass is 550 g/mol. The van der Waals surface area contributed by atoms with Crippen molar-refractivity contribution in [1.29, 1.82) is 0 Å². The molecule has 0 saturated heterocycles. The minimum absolute atomic E-state index is 0.0404. The van der Waals surface area contributed by atoms with E-state index in [9.17, 15) is 13.2 Å². The van der Waals surface area contributed by atoms with Gasteiger partial charge in [0.25, 0.3) is 15.9 Å². The van der Waals surface area contributed by atoms with Crippen molar-refractivity contribution in [2.45, 2.75) is 17.9 Å². The first-order chi connectivity index (χ1) is 18.4. The first-order valence-corrected chi connectivity index (χ1v) is 13.8. The quantitative estimate of drug-likeness (QED) is 0.245. The van der Waals surface area contributed by atoms with Crippen LogP contribution in [0.1, 0.15) is 24.1 Å². The van der Waals surface area contributed by atoms with Crippen LogP contribution in [0.2, 0.25) is 5.02 Å². The van der Waals surface area contributed by atoms with Crippen molar-refractivity contribution >= 4 is 33.2 Å². The molecule has 0 radical (unpaired) electrons. The third-order valence-corrected chi connectivity index (χ3v) is 7.24. The third-order valence-electron chi connectivity index (χ3n) is 5.56. The van der Waals surface area contributed by atoms with Crippen LogP contribution in [0.4, 0.5) is 5.69 Å². The second-order valence-electron chi connectivity index (χ2n) is 8.27. The van der Waals surface area contributed by atoms with E-state index in [1.807, 2.05) is 67.6 Å². The molecule has 0 heterocycles. The highest BCUT2D eigenvalue weighted by molar-refractivity contribution is 7.92. The molecule has 9 heteroatoms. The number of sulfonamides is 1. The van der Waals surface area contributed by atoms with Crippen LogP contribution in [0.25, 0.3) is 0 Å². The molecule has 2 N–H and O–H groups in total. The maximum absolute atomic E-state index is 12.8. The molecule has 0 aliphatic rings. The predicted octanol–water partition coefficient (Wildman–Crippen LogP) is 5.82. The fourth-order valence-electron chi connectivity index (χ4n) is 3.76. The Kier molecular flexibility index (Phi) is 8.89. The number of amides is 1. The lowest BCUT2D eigenvalue weighted by Gasteiger charge is -2.20. The van der Waals surface area contributed by atoms with E-state index in [0.29, 0.717) is 18.0 Å². The molecule has 7 nitrogen and oxygen atoms in total. The van der Waals surface area contributed by atoms with Crippen LogP contribution >= 0.6 is 11.6 Å². The van der Waals surface area contributed by atoms with Gasteiger partial charge in [-0.1, -0.05) is 72.3 Å². The highest BCUT2D eigenvalue weighted by Crippen LogP contribution is 2.29. The standard InChI is InChI=1S/C29H27ClN2O5S/c1-2-36-24-15-13-23(14-16-24)32-38(34,35)25-17-18-27(26(30)19-25)37-20-28(33)31-29(21-9-5-3-6-10-21)22-11-7-4-8-12-22/h3-19,29,32H,2,20H2,1H3,(H,31,33). The summed E-state index contributed by atoms with van der Waals surface area (Å²) in [6, 6.07) is 29.5. The number of nitrogens with one attached hydrogen (secondary N) is 2. The lowest BCUT2D eigenvalue weighted by molar-refractivity contribution is -0.123. The van der Waals surface area contributed by atoms with E-state index in [1.54, 1.807) is 24.3 Å². The first-order valence-electron chi connectivity index (χ1n) is 11.9. The van der Waals surface area contributed by atoms with E-state index in [4.69, 9.17) is 21.1 Å². The summed E-state index contributed by atoms with van der Waals surface area (Å²) in [5.41, 5.74) is 2.24. The van der Waals surface area contributed by atoms with Crippen molar-refractivity contribution in [2.75, 3.05) is 17.9 Å². The molecule has 0 bridgehead atoms. The van der Waals surface area contributed by atoms with Gasteiger partial charge in [-0.2, -0.15) is 0 Å². The third kappa shape index (κ3) is 7.06. The van der Waals surface area contributed by atoms with Crippen LogP contribution in [0, 0.1) is 0 Å². The van der Waals surface area contributed by atoms with Crippen molar-refractivity contribution in [1.82, 2.24) is 5.32 Å². The second kappa shape index (κ2) is 12.5. The number of carbonyl (C=O) groups excluding carboxylic acids is 1. The average Bonchev–Trinajstić information content (AvgIpc) is 2.93. The molecule has 4 aromatic carbocycles. The summed E-state index contributed by atoms with van der Waals surface area (Å²) in [7, 11) is -3.90. The van der Waals surface area contributed by atoms with E-state index in [1.165, 1.54) is 18.2 Å². The number of anilines is 1. The summed E-state index contributed by atoms with van der Waals surface area (Å²) in [5.74, 6) is 0.480. The molecule has 0 atom stereocenters. The molecule has 0 spiro atoms. The molecule has 196 valence electrons. The molecule has 1 amide bonds. The normalized spacial score (nSPS) is 11.1. The molecule has 0 aliphatic carbocycles. The van der Waals surface area contributed by atoms with Gasteiger partial charge in [0.2, 0.25) is 0 Å². The number of ether oxygens (including phenoxy) is 2. The topological polar surface area (TPSA) is 93.7 Å². The molecule has 0 saturated carbocycles. The Labute approximate surface area is 227 Å². The Balaban J connectivity index is 1.40. The van der Waals surface area contributed by atoms with Crippen molar-refractivity contribution in [3.05, 3.63) is 119 Å². The zero-order valence-electron chi connectivity index (χ0n) is 20.6. The van der Waals surface area contributed by atoms with Crippen molar-refractivity contribution < 1.29 is 22.7 Å². The SMILES string of the molecule is CCOc1ccc(NS(=O)(=O)c2ccc(OCC(=O)NC(c3ccccc3)c3ccccc3)c(Cl)c2)cc1. The summed E-state index contributed by atoms with van der Waals surface area (Å²) in [6.07, 6.45) is 0. The Bertz CT molecular complexity index is 1420. The lowest BCUT2D eigenvalue weighted by atomic mass is 9.99. The fourth-order valence-corrected chi connectivity index (χ4v) is 5.15. The molecular weight excluding hydrogens is 524 g/mol. The summed E-state index contributed by atoms with van der Waals surface area (Å²) < 4.78 is 39.2. The largest absolute Gasteiger partial charge is 0.494 e. The first kappa shape index (κ1) is 27.0. The van der Waals surface area contributed by atoms with E-state index in [-0.39, 0.29) is 34.2 Å². The van der Waals surface area contributed by atoms with Crippen molar-refractivity contribution in [3.63, 3.8) is 0 Å². The van der Waals surface area contributed by atoms with Crippen LogP contribution in [-0.4, -0.2) is 27.5 Å². The van der Waals surface area contributed by atoms with Crippen LogP contribution in [0.15, 0.2) is 108 Å². The zero-order chi connectivity index (χ0) is 27.0. The van der Waals surface area contributed by atoms with Gasteiger partial charge < -0.3 is 14.8 Å². The number of carbonyl (C=O) groups is 1. The Morgan fingerprint density at radius 2 is 1.45 bits per heavy atom. The van der Waals surface area contributed by atoms with Gasteiger partial charge in [-0.15, -0.1) is 0 Å². The smallest absolute Gasteiger partial charge is 0.261 e. The van der Waals surface area contributed by atoms with Gasteiger partial charge in [0, 0.05) is 5.69 Å². The number of hydrogen-bond donors (Lipinski definition) is 2. The molecule has 4 rings (SSSR count). The van der Waals surface area contributed by atoms with E-state index >= 15 is 0 Å². The Morgan fingerprint density at radius 1 is 0.842 bits per heavy atom. The van der Waals surface area contributed by atoms with E-state index in [2.05, 4.69) is 10.0 Å². The summed E-state index contributed by atoms with van der Waals surface area (Å²) in [5, 5.41) is 3.06. The highest BCUT2D eigenvalue weighted by Gasteiger charge is 2.19. The molecular formula is C29H27ClN2O5S. The van der Waals surface area contributed by atoms with Crippen LogP contribution < -0.4 is 19.5 Å². The number of rotatable bonds is 11. The Morgan fingerprint density at radius 3 is 2.00 bits per heavy atom. The maximum Gasteiger partial charge on any atom is 0.261 e. The van der Waals surface area contributed by atoms with Crippen molar-refractivity contribution in [3.8, 4) is 11.5 Å². The van der Waals surface area contributed by atoms with Gasteiger partial charge in [0.05, 0.1) is 22.6 Å².